The number of ether oxygens (including phenoxy) is 1. The van der Waals surface area contributed by atoms with E-state index in [0.717, 1.165) is 11.1 Å². The van der Waals surface area contributed by atoms with Crippen LogP contribution in [0.3, 0.4) is 0 Å². The maximum Gasteiger partial charge on any atom is 0.245 e. The number of rotatable bonds is 10. The summed E-state index contributed by atoms with van der Waals surface area (Å²) in [5.74, 6) is -1.61. The van der Waals surface area contributed by atoms with Crippen LogP contribution in [-0.4, -0.2) is 70.4 Å². The summed E-state index contributed by atoms with van der Waals surface area (Å²) in [6.45, 7) is 2.82. The average Bonchev–Trinajstić information content (AvgIpc) is 3.56. The molecule has 5 N–H and O–H groups in total. The first-order valence-electron chi connectivity index (χ1n) is 11.0. The van der Waals surface area contributed by atoms with Gasteiger partial charge in [-0.15, -0.1) is 0 Å². The van der Waals surface area contributed by atoms with Crippen molar-refractivity contribution in [1.82, 2.24) is 10.6 Å². The van der Waals surface area contributed by atoms with Gasteiger partial charge in [-0.1, -0.05) is 19.9 Å². The lowest BCUT2D eigenvalue weighted by Crippen LogP contribution is -2.56. The van der Waals surface area contributed by atoms with Gasteiger partial charge >= 0.3 is 0 Å². The molecule has 0 aromatic heterocycles. The van der Waals surface area contributed by atoms with Crippen LogP contribution in [0.1, 0.15) is 37.8 Å². The summed E-state index contributed by atoms with van der Waals surface area (Å²) >= 11 is 0. The van der Waals surface area contributed by atoms with Gasteiger partial charge in [-0.2, -0.15) is 0 Å². The van der Waals surface area contributed by atoms with Gasteiger partial charge in [0, 0.05) is 5.92 Å². The number of aryl methyl sites for hydroxylation is 1. The third kappa shape index (κ3) is 5.46. The Balaban J connectivity index is 1.63. The van der Waals surface area contributed by atoms with Gasteiger partial charge in [0.2, 0.25) is 11.8 Å². The molecule has 3 unspecified atom stereocenters. The van der Waals surface area contributed by atoms with E-state index in [1.807, 2.05) is 19.9 Å². The van der Waals surface area contributed by atoms with Crippen LogP contribution in [0.25, 0.3) is 0 Å². The molecule has 2 amide bonds. The number of amides is 2. The minimum Gasteiger partial charge on any atom is -0.508 e. The van der Waals surface area contributed by atoms with Gasteiger partial charge in [0.05, 0.1) is 25.9 Å². The van der Waals surface area contributed by atoms with Crippen LogP contribution in [0.15, 0.2) is 18.2 Å². The predicted octanol–water partition coefficient (Wildman–Crippen LogP) is -0.164. The van der Waals surface area contributed by atoms with Crippen LogP contribution in [-0.2, 0) is 32.0 Å². The SMILES string of the molecule is CC(C)CC(NC(=O)[C@H](CO)NC(=O)C1CCc2ccc(O)cc2C1)C(=O)C1(CO)CO1. The summed E-state index contributed by atoms with van der Waals surface area (Å²) in [5, 5.41) is 34.1. The van der Waals surface area contributed by atoms with Crippen LogP contribution >= 0.6 is 0 Å². The van der Waals surface area contributed by atoms with Crippen molar-refractivity contribution in [1.29, 1.82) is 0 Å². The van der Waals surface area contributed by atoms with Gasteiger partial charge in [0.15, 0.2) is 11.4 Å². The molecule has 176 valence electrons. The zero-order chi connectivity index (χ0) is 23.5. The Morgan fingerprint density at radius 3 is 2.47 bits per heavy atom. The number of aliphatic hydroxyl groups is 2. The molecule has 1 aromatic carbocycles. The highest BCUT2D eigenvalue weighted by Crippen LogP contribution is 2.30. The summed E-state index contributed by atoms with van der Waals surface area (Å²) in [5.41, 5.74) is 0.701. The smallest absolute Gasteiger partial charge is 0.245 e. The number of Topliss-reactive ketones (excluding diaryl/α,β-unsaturated/α-hetero) is 1. The van der Waals surface area contributed by atoms with Gasteiger partial charge in [-0.25, -0.2) is 0 Å². The maximum absolute atomic E-state index is 12.8. The highest BCUT2D eigenvalue weighted by Gasteiger charge is 2.54. The lowest BCUT2D eigenvalue weighted by atomic mass is 9.83. The zero-order valence-corrected chi connectivity index (χ0v) is 18.5. The van der Waals surface area contributed by atoms with Crippen molar-refractivity contribution >= 4 is 17.6 Å². The number of carbonyl (C=O) groups is 3. The molecule has 9 nitrogen and oxygen atoms in total. The molecule has 1 heterocycles. The number of ketones is 1. The van der Waals surface area contributed by atoms with E-state index in [-0.39, 0.29) is 24.2 Å². The van der Waals surface area contributed by atoms with Crippen LogP contribution in [0.4, 0.5) is 0 Å². The Kier molecular flexibility index (Phi) is 7.53. The third-order valence-electron chi connectivity index (χ3n) is 6.14. The van der Waals surface area contributed by atoms with Gasteiger partial charge in [0.25, 0.3) is 0 Å². The van der Waals surface area contributed by atoms with Gasteiger partial charge in [-0.3, -0.25) is 14.4 Å². The molecule has 1 fully saturated rings. The number of aromatic hydroxyl groups is 1. The fourth-order valence-electron chi connectivity index (χ4n) is 4.14. The van der Waals surface area contributed by atoms with Crippen molar-refractivity contribution < 1.29 is 34.4 Å². The molecule has 0 bridgehead atoms. The third-order valence-corrected chi connectivity index (χ3v) is 6.14. The standard InChI is InChI=1S/C23H32N2O7/c1-13(2)7-18(20(29)23(11-27)12-32-23)24-22(31)19(10-26)25-21(30)15-4-3-14-5-6-17(28)9-16(14)8-15/h5-6,9,13,15,18-19,26-28H,3-4,7-8,10-12H2,1-2H3,(H,24,31)(H,25,30)/t15?,18?,19-,23?/m0/s1. The molecule has 32 heavy (non-hydrogen) atoms. The summed E-state index contributed by atoms with van der Waals surface area (Å²) in [6.07, 6.45) is 2.04. The molecular formula is C23H32N2O7. The van der Waals surface area contributed by atoms with E-state index in [4.69, 9.17) is 4.74 Å². The molecule has 1 aliphatic heterocycles. The molecule has 2 aliphatic rings. The predicted molar refractivity (Wildman–Crippen MR) is 115 cm³/mol. The van der Waals surface area contributed by atoms with Crippen molar-refractivity contribution in [3.05, 3.63) is 29.3 Å². The maximum atomic E-state index is 12.8. The summed E-state index contributed by atoms with van der Waals surface area (Å²) in [6, 6.07) is 3.00. The van der Waals surface area contributed by atoms with Crippen LogP contribution < -0.4 is 10.6 Å². The highest BCUT2D eigenvalue weighted by atomic mass is 16.6. The number of hydrogen-bond acceptors (Lipinski definition) is 7. The summed E-state index contributed by atoms with van der Waals surface area (Å²) in [4.78, 5) is 38.4. The molecule has 1 aliphatic carbocycles. The van der Waals surface area contributed by atoms with E-state index in [1.54, 1.807) is 12.1 Å². The molecule has 4 atom stereocenters. The Bertz CT molecular complexity index is 866. The second-order valence-electron chi connectivity index (χ2n) is 9.13. The van der Waals surface area contributed by atoms with Crippen molar-refractivity contribution in [2.24, 2.45) is 11.8 Å². The number of epoxide rings is 1. The molecule has 0 saturated carbocycles. The van der Waals surface area contributed by atoms with Crippen molar-refractivity contribution in [2.45, 2.75) is 57.2 Å². The molecule has 9 heteroatoms. The number of hydrogen-bond donors (Lipinski definition) is 5. The highest BCUT2D eigenvalue weighted by molar-refractivity contribution is 5.98. The Morgan fingerprint density at radius 1 is 1.16 bits per heavy atom. The summed E-state index contributed by atoms with van der Waals surface area (Å²) in [7, 11) is 0. The monoisotopic (exact) mass is 448 g/mol. The number of phenolic OH excluding ortho intramolecular Hbond substituents is 1. The average molecular weight is 449 g/mol. The Hall–Kier alpha value is -2.49. The molecular weight excluding hydrogens is 416 g/mol. The number of carbonyl (C=O) groups excluding carboxylic acids is 3. The van der Waals surface area contributed by atoms with Crippen molar-refractivity contribution in [3.8, 4) is 5.75 Å². The normalized spacial score (nSPS) is 23.7. The topological polar surface area (TPSA) is 148 Å². The lowest BCUT2D eigenvalue weighted by Gasteiger charge is -2.27. The quantitative estimate of drug-likeness (QED) is 0.312. The van der Waals surface area contributed by atoms with Crippen molar-refractivity contribution in [3.63, 3.8) is 0 Å². The lowest BCUT2D eigenvalue weighted by molar-refractivity contribution is -0.135. The number of aliphatic hydroxyl groups excluding tert-OH is 2. The molecule has 3 rings (SSSR count). The van der Waals surface area contributed by atoms with E-state index in [1.165, 1.54) is 0 Å². The number of benzene rings is 1. The minimum atomic E-state index is -1.27. The second-order valence-corrected chi connectivity index (χ2v) is 9.13. The first kappa shape index (κ1) is 24.2. The number of phenols is 1. The Morgan fingerprint density at radius 2 is 1.88 bits per heavy atom. The molecule has 0 radical (unpaired) electrons. The Labute approximate surface area is 187 Å². The second kappa shape index (κ2) is 9.97. The molecule has 1 saturated heterocycles. The fourth-order valence-corrected chi connectivity index (χ4v) is 4.14. The van der Waals surface area contributed by atoms with E-state index in [2.05, 4.69) is 10.6 Å². The van der Waals surface area contributed by atoms with E-state index >= 15 is 0 Å². The van der Waals surface area contributed by atoms with Gasteiger partial charge < -0.3 is 30.7 Å². The number of nitrogens with one attached hydrogen (secondary N) is 2. The fraction of sp³-hybridized carbons (Fsp3) is 0.609. The van der Waals surface area contributed by atoms with Crippen LogP contribution in [0.5, 0.6) is 5.75 Å². The first-order valence-corrected chi connectivity index (χ1v) is 11.0. The first-order chi connectivity index (χ1) is 15.2. The van der Waals surface area contributed by atoms with Crippen LogP contribution in [0.2, 0.25) is 0 Å². The summed E-state index contributed by atoms with van der Waals surface area (Å²) < 4.78 is 5.13. The van der Waals surface area contributed by atoms with E-state index in [9.17, 15) is 29.7 Å². The van der Waals surface area contributed by atoms with E-state index < -0.39 is 48.5 Å². The van der Waals surface area contributed by atoms with E-state index in [0.29, 0.717) is 25.7 Å². The van der Waals surface area contributed by atoms with Crippen molar-refractivity contribution in [2.75, 3.05) is 19.8 Å². The van der Waals surface area contributed by atoms with Gasteiger partial charge in [-0.05, 0) is 54.9 Å². The minimum absolute atomic E-state index is 0.0830. The largest absolute Gasteiger partial charge is 0.508 e. The molecule has 0 spiro atoms. The number of fused-ring (bicyclic) bond motifs is 1. The zero-order valence-electron chi connectivity index (χ0n) is 18.5. The molecule has 1 aromatic rings. The van der Waals surface area contributed by atoms with Crippen LogP contribution in [0, 0.1) is 11.8 Å². The van der Waals surface area contributed by atoms with Gasteiger partial charge in [0.1, 0.15) is 11.8 Å².